The lowest BCUT2D eigenvalue weighted by molar-refractivity contribution is 1.15. The number of nitrogens with one attached hydrogen (secondary N) is 1. The average molecular weight is 308 g/mol. The van der Waals surface area contributed by atoms with Crippen LogP contribution in [0.2, 0.25) is 0 Å². The Labute approximate surface area is 133 Å². The highest BCUT2D eigenvalue weighted by molar-refractivity contribution is 7.09. The topological polar surface area (TPSA) is 63.3 Å². The first-order valence-electron chi connectivity index (χ1n) is 6.94. The molecule has 0 unspecified atom stereocenters. The van der Waals surface area contributed by atoms with Crippen LogP contribution < -0.4 is 11.1 Å². The Hall–Kier alpha value is -2.66. The van der Waals surface area contributed by atoms with Crippen molar-refractivity contribution < 1.29 is 0 Å². The molecule has 2 aromatic heterocycles. The molecule has 22 heavy (non-hydrogen) atoms. The van der Waals surface area contributed by atoms with Crippen LogP contribution in [0.25, 0.3) is 0 Å². The molecule has 3 rings (SSSR count). The maximum atomic E-state index is 5.98. The van der Waals surface area contributed by atoms with E-state index in [4.69, 9.17) is 5.73 Å². The Morgan fingerprint density at radius 1 is 1.09 bits per heavy atom. The van der Waals surface area contributed by atoms with Crippen molar-refractivity contribution in [1.82, 2.24) is 4.98 Å². The van der Waals surface area contributed by atoms with Crippen LogP contribution in [0.1, 0.15) is 10.4 Å². The fraction of sp³-hybridized carbons (Fsp3) is 0.0588. The second-order valence-corrected chi connectivity index (χ2v) is 5.76. The first-order chi connectivity index (χ1) is 10.8. The standard InChI is InChI=1S/C17H16N4S/c18-17(20-14-7-2-1-3-8-14)21-16-13(6-4-10-19-16)12-15-9-5-11-22-15/h1-11H,12H2,(H3,18,19,20,21). The van der Waals surface area contributed by atoms with E-state index in [2.05, 4.69) is 26.7 Å². The molecule has 2 heterocycles. The van der Waals surface area contributed by atoms with Gasteiger partial charge in [-0.3, -0.25) is 0 Å². The highest BCUT2D eigenvalue weighted by atomic mass is 32.1. The van der Waals surface area contributed by atoms with Crippen LogP contribution in [-0.2, 0) is 6.42 Å². The summed E-state index contributed by atoms with van der Waals surface area (Å²) >= 11 is 1.72. The van der Waals surface area contributed by atoms with Crippen molar-refractivity contribution in [2.24, 2.45) is 10.7 Å². The summed E-state index contributed by atoms with van der Waals surface area (Å²) in [4.78, 5) is 10.0. The molecule has 0 amide bonds. The summed E-state index contributed by atoms with van der Waals surface area (Å²) in [6.07, 6.45) is 2.54. The third-order valence-electron chi connectivity index (χ3n) is 3.08. The van der Waals surface area contributed by atoms with E-state index in [1.165, 1.54) is 4.88 Å². The number of rotatable bonds is 4. The number of nitrogens with two attached hydrogens (primary N) is 1. The zero-order valence-corrected chi connectivity index (χ0v) is 12.8. The van der Waals surface area contributed by atoms with Crippen LogP contribution in [0.3, 0.4) is 0 Å². The second kappa shape index (κ2) is 6.87. The number of aromatic nitrogens is 1. The normalized spacial score (nSPS) is 11.4. The molecule has 0 atom stereocenters. The predicted molar refractivity (Wildman–Crippen MR) is 92.7 cm³/mol. The van der Waals surface area contributed by atoms with Crippen molar-refractivity contribution in [3.63, 3.8) is 0 Å². The number of guanidine groups is 1. The molecule has 3 aromatic rings. The summed E-state index contributed by atoms with van der Waals surface area (Å²) in [5, 5.41) is 5.14. The number of benzene rings is 1. The van der Waals surface area contributed by atoms with Crippen molar-refractivity contribution in [3.8, 4) is 0 Å². The smallest absolute Gasteiger partial charge is 0.199 e. The van der Waals surface area contributed by atoms with Gasteiger partial charge in [0.25, 0.3) is 0 Å². The number of hydrogen-bond donors (Lipinski definition) is 2. The van der Waals surface area contributed by atoms with E-state index in [1.807, 2.05) is 48.5 Å². The molecule has 0 spiro atoms. The maximum absolute atomic E-state index is 5.98. The molecule has 0 radical (unpaired) electrons. The van der Waals surface area contributed by atoms with Crippen LogP contribution in [0.4, 0.5) is 11.5 Å². The molecule has 5 heteroatoms. The third-order valence-corrected chi connectivity index (χ3v) is 3.96. The Morgan fingerprint density at radius 3 is 2.73 bits per heavy atom. The molecular weight excluding hydrogens is 292 g/mol. The lowest BCUT2D eigenvalue weighted by Crippen LogP contribution is -2.22. The monoisotopic (exact) mass is 308 g/mol. The van der Waals surface area contributed by atoms with Gasteiger partial charge in [-0.05, 0) is 29.6 Å². The van der Waals surface area contributed by atoms with Crippen molar-refractivity contribution in [2.45, 2.75) is 6.42 Å². The van der Waals surface area contributed by atoms with Crippen LogP contribution in [0.5, 0.6) is 0 Å². The first-order valence-corrected chi connectivity index (χ1v) is 7.82. The van der Waals surface area contributed by atoms with E-state index >= 15 is 0 Å². The minimum absolute atomic E-state index is 0.331. The Balaban J connectivity index is 1.80. The Bertz CT molecular complexity index is 751. The molecule has 0 aliphatic carbocycles. The van der Waals surface area contributed by atoms with E-state index in [9.17, 15) is 0 Å². The van der Waals surface area contributed by atoms with E-state index in [0.29, 0.717) is 11.8 Å². The highest BCUT2D eigenvalue weighted by Gasteiger charge is 2.05. The van der Waals surface area contributed by atoms with Crippen molar-refractivity contribution in [2.75, 3.05) is 5.32 Å². The summed E-state index contributed by atoms with van der Waals surface area (Å²) in [6.45, 7) is 0. The number of aliphatic imine (C=N–C) groups is 1. The first kappa shape index (κ1) is 14.3. The number of nitrogens with zero attached hydrogens (tertiary/aromatic N) is 2. The van der Waals surface area contributed by atoms with Gasteiger partial charge < -0.3 is 11.1 Å². The van der Waals surface area contributed by atoms with Gasteiger partial charge in [-0.1, -0.05) is 30.3 Å². The molecule has 3 N–H and O–H groups in total. The number of hydrogen-bond acceptors (Lipinski definition) is 3. The lowest BCUT2D eigenvalue weighted by atomic mass is 10.1. The highest BCUT2D eigenvalue weighted by Crippen LogP contribution is 2.21. The molecule has 0 aliphatic rings. The summed E-state index contributed by atoms with van der Waals surface area (Å²) in [6, 6.07) is 17.8. The summed E-state index contributed by atoms with van der Waals surface area (Å²) < 4.78 is 0. The number of thiophene rings is 1. The summed E-state index contributed by atoms with van der Waals surface area (Å²) in [5.41, 5.74) is 7.94. The van der Waals surface area contributed by atoms with Crippen LogP contribution >= 0.6 is 11.3 Å². The quantitative estimate of drug-likeness (QED) is 0.569. The van der Waals surface area contributed by atoms with Gasteiger partial charge in [0, 0.05) is 28.7 Å². The number of pyridine rings is 1. The summed E-state index contributed by atoms with van der Waals surface area (Å²) in [5.74, 6) is 0.981. The van der Waals surface area contributed by atoms with E-state index in [1.54, 1.807) is 17.5 Å². The Morgan fingerprint density at radius 2 is 1.95 bits per heavy atom. The van der Waals surface area contributed by atoms with Gasteiger partial charge in [0.1, 0.15) is 0 Å². The number of anilines is 1. The van der Waals surface area contributed by atoms with Gasteiger partial charge in [-0.25, -0.2) is 4.98 Å². The Kier molecular flexibility index (Phi) is 4.46. The average Bonchev–Trinajstić information content (AvgIpc) is 3.03. The zero-order chi connectivity index (χ0) is 15.2. The molecule has 0 saturated heterocycles. The maximum Gasteiger partial charge on any atom is 0.199 e. The molecule has 4 nitrogen and oxygen atoms in total. The zero-order valence-electron chi connectivity index (χ0n) is 11.9. The molecule has 0 fully saturated rings. The van der Waals surface area contributed by atoms with Crippen molar-refractivity contribution in [1.29, 1.82) is 0 Å². The van der Waals surface area contributed by atoms with Gasteiger partial charge in [0.05, 0.1) is 0 Å². The van der Waals surface area contributed by atoms with Crippen LogP contribution in [0.15, 0.2) is 71.2 Å². The minimum Gasteiger partial charge on any atom is -0.369 e. The van der Waals surface area contributed by atoms with E-state index in [-0.39, 0.29) is 0 Å². The van der Waals surface area contributed by atoms with Gasteiger partial charge >= 0.3 is 0 Å². The molecular formula is C17H16N4S. The predicted octanol–water partition coefficient (Wildman–Crippen LogP) is 3.79. The second-order valence-electron chi connectivity index (χ2n) is 4.73. The molecule has 110 valence electrons. The van der Waals surface area contributed by atoms with Crippen LogP contribution in [0, 0.1) is 0 Å². The fourth-order valence-corrected chi connectivity index (χ4v) is 2.81. The van der Waals surface area contributed by atoms with Crippen molar-refractivity contribution >= 4 is 28.8 Å². The third kappa shape index (κ3) is 3.71. The fourth-order valence-electron chi connectivity index (χ4n) is 2.08. The van der Waals surface area contributed by atoms with E-state index < -0.39 is 0 Å². The molecule has 1 aromatic carbocycles. The lowest BCUT2D eigenvalue weighted by Gasteiger charge is -2.07. The summed E-state index contributed by atoms with van der Waals surface area (Å²) in [7, 11) is 0. The van der Waals surface area contributed by atoms with Gasteiger partial charge in [-0.15, -0.1) is 11.3 Å². The molecule has 0 saturated carbocycles. The van der Waals surface area contributed by atoms with Gasteiger partial charge in [-0.2, -0.15) is 4.99 Å². The molecule has 0 aliphatic heterocycles. The SMILES string of the molecule is N/C(=N\c1ncccc1Cc1cccs1)Nc1ccccc1. The van der Waals surface area contributed by atoms with Gasteiger partial charge in [0.2, 0.25) is 0 Å². The number of para-hydroxylation sites is 1. The van der Waals surface area contributed by atoms with E-state index in [0.717, 1.165) is 17.7 Å². The van der Waals surface area contributed by atoms with Crippen molar-refractivity contribution in [3.05, 3.63) is 76.6 Å². The largest absolute Gasteiger partial charge is 0.369 e. The van der Waals surface area contributed by atoms with Gasteiger partial charge in [0.15, 0.2) is 11.8 Å². The molecule has 0 bridgehead atoms. The van der Waals surface area contributed by atoms with Crippen LogP contribution in [-0.4, -0.2) is 10.9 Å². The minimum atomic E-state index is 0.331.